The first-order valence-electron chi connectivity index (χ1n) is 6.04. The maximum absolute atomic E-state index is 11.6. The van der Waals surface area contributed by atoms with Crippen LogP contribution in [0.2, 0.25) is 0 Å². The lowest BCUT2D eigenvalue weighted by Crippen LogP contribution is -2.30. The van der Waals surface area contributed by atoms with Gasteiger partial charge in [-0.3, -0.25) is 4.79 Å². The van der Waals surface area contributed by atoms with Crippen molar-refractivity contribution in [2.75, 3.05) is 13.1 Å². The first kappa shape index (κ1) is 13.5. The van der Waals surface area contributed by atoms with E-state index in [1.165, 1.54) is 25.7 Å². The van der Waals surface area contributed by atoms with Crippen LogP contribution in [0.3, 0.4) is 0 Å². The molecule has 0 aromatic heterocycles. The van der Waals surface area contributed by atoms with E-state index in [0.717, 1.165) is 25.9 Å². The highest BCUT2D eigenvalue weighted by Crippen LogP contribution is 2.06. The number of carbonyl (C=O) groups excluding carboxylic acids is 1. The monoisotopic (exact) mass is 199 g/mol. The summed E-state index contributed by atoms with van der Waals surface area (Å²) in [6.07, 6.45) is 6.87. The normalized spacial score (nSPS) is 10.2. The Balaban J connectivity index is 3.43. The van der Waals surface area contributed by atoms with Crippen LogP contribution in [0.25, 0.3) is 0 Å². The van der Waals surface area contributed by atoms with E-state index < -0.39 is 0 Å². The number of rotatable bonds is 8. The summed E-state index contributed by atoms with van der Waals surface area (Å²) in [5.41, 5.74) is 0. The molecule has 0 aliphatic carbocycles. The Hall–Kier alpha value is -0.530. The molecule has 0 bridgehead atoms. The van der Waals surface area contributed by atoms with Crippen LogP contribution in [0, 0.1) is 0 Å². The number of nitrogens with zero attached hydrogens (tertiary/aromatic N) is 1. The standard InChI is InChI=1S/C12H25NO/c1-4-7-8-9-10-11-12(14)13(5-2)6-3/h4-11H2,1-3H3. The van der Waals surface area contributed by atoms with Gasteiger partial charge in [0.1, 0.15) is 0 Å². The highest BCUT2D eigenvalue weighted by Gasteiger charge is 2.07. The molecule has 0 radical (unpaired) electrons. The van der Waals surface area contributed by atoms with Gasteiger partial charge in [0.05, 0.1) is 0 Å². The van der Waals surface area contributed by atoms with E-state index in [1.54, 1.807) is 0 Å². The van der Waals surface area contributed by atoms with Gasteiger partial charge in [0.25, 0.3) is 0 Å². The van der Waals surface area contributed by atoms with Crippen molar-refractivity contribution >= 4 is 5.91 Å². The first-order chi connectivity index (χ1) is 6.76. The molecule has 0 saturated heterocycles. The van der Waals surface area contributed by atoms with Crippen LogP contribution < -0.4 is 0 Å². The summed E-state index contributed by atoms with van der Waals surface area (Å²) < 4.78 is 0. The summed E-state index contributed by atoms with van der Waals surface area (Å²) in [5.74, 6) is 0.325. The van der Waals surface area contributed by atoms with Crippen LogP contribution in [0.4, 0.5) is 0 Å². The quantitative estimate of drug-likeness (QED) is 0.550. The van der Waals surface area contributed by atoms with Crippen molar-refractivity contribution in [1.29, 1.82) is 0 Å². The molecule has 2 nitrogen and oxygen atoms in total. The van der Waals surface area contributed by atoms with Crippen molar-refractivity contribution in [2.45, 2.75) is 59.3 Å². The fraction of sp³-hybridized carbons (Fsp3) is 0.917. The molecule has 1 amide bonds. The Bertz CT molecular complexity index is 141. The summed E-state index contributed by atoms with van der Waals surface area (Å²) >= 11 is 0. The predicted octanol–water partition coefficient (Wildman–Crippen LogP) is 3.22. The first-order valence-corrected chi connectivity index (χ1v) is 6.04. The van der Waals surface area contributed by atoms with Crippen LogP contribution in [-0.2, 0) is 4.79 Å². The lowest BCUT2D eigenvalue weighted by Gasteiger charge is -2.18. The van der Waals surface area contributed by atoms with Crippen molar-refractivity contribution in [3.05, 3.63) is 0 Å². The van der Waals surface area contributed by atoms with E-state index in [4.69, 9.17) is 0 Å². The average Bonchev–Trinajstić information content (AvgIpc) is 2.19. The third-order valence-electron chi connectivity index (χ3n) is 2.61. The number of hydrogen-bond donors (Lipinski definition) is 0. The third kappa shape index (κ3) is 6.01. The molecule has 0 rings (SSSR count). The molecule has 0 aromatic rings. The van der Waals surface area contributed by atoms with Crippen LogP contribution in [0.1, 0.15) is 59.3 Å². The number of carbonyl (C=O) groups is 1. The van der Waals surface area contributed by atoms with Crippen LogP contribution in [-0.4, -0.2) is 23.9 Å². The second-order valence-corrected chi connectivity index (χ2v) is 3.73. The van der Waals surface area contributed by atoms with Gasteiger partial charge in [-0.25, -0.2) is 0 Å². The number of hydrogen-bond acceptors (Lipinski definition) is 1. The minimum absolute atomic E-state index is 0.325. The van der Waals surface area contributed by atoms with Crippen LogP contribution >= 0.6 is 0 Å². The molecule has 14 heavy (non-hydrogen) atoms. The molecule has 0 heterocycles. The highest BCUT2D eigenvalue weighted by molar-refractivity contribution is 5.75. The molecule has 0 fully saturated rings. The van der Waals surface area contributed by atoms with E-state index >= 15 is 0 Å². The van der Waals surface area contributed by atoms with Crippen molar-refractivity contribution < 1.29 is 4.79 Å². The predicted molar refractivity (Wildman–Crippen MR) is 61.3 cm³/mol. The molecule has 0 unspecified atom stereocenters. The fourth-order valence-electron chi connectivity index (χ4n) is 1.61. The van der Waals surface area contributed by atoms with Gasteiger partial charge in [0.2, 0.25) is 5.91 Å². The maximum Gasteiger partial charge on any atom is 0.222 e. The van der Waals surface area contributed by atoms with E-state index in [2.05, 4.69) is 6.92 Å². The lowest BCUT2D eigenvalue weighted by atomic mass is 10.1. The van der Waals surface area contributed by atoms with Crippen molar-refractivity contribution in [3.8, 4) is 0 Å². The minimum atomic E-state index is 0.325. The topological polar surface area (TPSA) is 20.3 Å². The Labute approximate surface area is 88.7 Å². The van der Waals surface area contributed by atoms with E-state index in [0.29, 0.717) is 5.91 Å². The van der Waals surface area contributed by atoms with E-state index in [1.807, 2.05) is 18.7 Å². The highest BCUT2D eigenvalue weighted by atomic mass is 16.2. The number of amides is 1. The van der Waals surface area contributed by atoms with Gasteiger partial charge in [0, 0.05) is 19.5 Å². The van der Waals surface area contributed by atoms with E-state index in [9.17, 15) is 4.79 Å². The Morgan fingerprint density at radius 2 is 1.50 bits per heavy atom. The summed E-state index contributed by atoms with van der Waals surface area (Å²) in [5, 5.41) is 0. The molecule has 0 spiro atoms. The number of unbranched alkanes of at least 4 members (excludes halogenated alkanes) is 4. The average molecular weight is 199 g/mol. The third-order valence-corrected chi connectivity index (χ3v) is 2.61. The van der Waals surface area contributed by atoms with Gasteiger partial charge in [-0.05, 0) is 20.3 Å². The summed E-state index contributed by atoms with van der Waals surface area (Å²) in [7, 11) is 0. The smallest absolute Gasteiger partial charge is 0.222 e. The van der Waals surface area contributed by atoms with Crippen LogP contribution in [0.5, 0.6) is 0 Å². The van der Waals surface area contributed by atoms with E-state index in [-0.39, 0.29) is 0 Å². The Morgan fingerprint density at radius 1 is 0.929 bits per heavy atom. The fourth-order valence-corrected chi connectivity index (χ4v) is 1.61. The van der Waals surface area contributed by atoms with Crippen molar-refractivity contribution in [1.82, 2.24) is 4.90 Å². The van der Waals surface area contributed by atoms with Crippen molar-refractivity contribution in [3.63, 3.8) is 0 Å². The summed E-state index contributed by atoms with van der Waals surface area (Å²) in [6, 6.07) is 0. The van der Waals surface area contributed by atoms with Gasteiger partial charge in [0.15, 0.2) is 0 Å². The maximum atomic E-state index is 11.6. The van der Waals surface area contributed by atoms with Crippen LogP contribution in [0.15, 0.2) is 0 Å². The minimum Gasteiger partial charge on any atom is -0.343 e. The van der Waals surface area contributed by atoms with Gasteiger partial charge in [-0.1, -0.05) is 32.6 Å². The van der Waals surface area contributed by atoms with Gasteiger partial charge in [-0.15, -0.1) is 0 Å². The summed E-state index contributed by atoms with van der Waals surface area (Å²) in [4.78, 5) is 13.5. The zero-order valence-electron chi connectivity index (χ0n) is 10.0. The molecule has 0 N–H and O–H groups in total. The molecule has 0 aliphatic heterocycles. The lowest BCUT2D eigenvalue weighted by molar-refractivity contribution is -0.130. The second-order valence-electron chi connectivity index (χ2n) is 3.73. The van der Waals surface area contributed by atoms with Crippen molar-refractivity contribution in [2.24, 2.45) is 0 Å². The molecule has 0 aromatic carbocycles. The molecular formula is C12H25NO. The largest absolute Gasteiger partial charge is 0.343 e. The molecular weight excluding hydrogens is 174 g/mol. The molecule has 84 valence electrons. The Kier molecular flexibility index (Phi) is 8.70. The van der Waals surface area contributed by atoms with Gasteiger partial charge in [-0.2, -0.15) is 0 Å². The SMILES string of the molecule is CCCCCCCC(=O)N(CC)CC. The zero-order chi connectivity index (χ0) is 10.8. The molecule has 0 atom stereocenters. The van der Waals surface area contributed by atoms with Gasteiger partial charge >= 0.3 is 0 Å². The summed E-state index contributed by atoms with van der Waals surface area (Å²) in [6.45, 7) is 7.99. The second kappa shape index (κ2) is 9.04. The molecule has 0 saturated carbocycles. The molecule has 2 heteroatoms. The van der Waals surface area contributed by atoms with Gasteiger partial charge < -0.3 is 4.90 Å². The Morgan fingerprint density at radius 3 is 2.00 bits per heavy atom. The molecule has 0 aliphatic rings. The zero-order valence-corrected chi connectivity index (χ0v) is 10.0.